The van der Waals surface area contributed by atoms with Crippen LogP contribution in [0.15, 0.2) is 30.3 Å². The Morgan fingerprint density at radius 2 is 2.05 bits per heavy atom. The molecule has 0 aliphatic carbocycles. The maximum atomic E-state index is 10.9. The molecule has 1 heterocycles. The number of aliphatic hydroxyl groups excluding tert-OH is 1. The number of hydrogen-bond acceptors (Lipinski definition) is 4. The Kier molecular flexibility index (Phi) is 5.16. The number of ether oxygens (including phenoxy) is 1. The predicted octanol–water partition coefficient (Wildman–Crippen LogP) is 1.90. The molecule has 6 nitrogen and oxygen atoms in total. The Balaban J connectivity index is 1.84. The first-order chi connectivity index (χ1) is 10.4. The molecular weight excluding hydrogens is 282 g/mol. The van der Waals surface area contributed by atoms with E-state index in [1.807, 2.05) is 19.9 Å². The van der Waals surface area contributed by atoms with Gasteiger partial charge in [-0.05, 0) is 44.2 Å². The average molecular weight is 303 g/mol. The van der Waals surface area contributed by atoms with E-state index in [9.17, 15) is 9.90 Å². The summed E-state index contributed by atoms with van der Waals surface area (Å²) in [5.74, 6) is 0.524. The molecule has 2 rings (SSSR count). The van der Waals surface area contributed by atoms with Crippen molar-refractivity contribution in [1.82, 2.24) is 9.78 Å². The number of carbonyl (C=O) groups excluding carboxylic acids is 1. The van der Waals surface area contributed by atoms with Gasteiger partial charge in [0.05, 0.1) is 12.2 Å². The van der Waals surface area contributed by atoms with Crippen LogP contribution in [0, 0.1) is 13.8 Å². The van der Waals surface area contributed by atoms with E-state index < -0.39 is 6.10 Å². The van der Waals surface area contributed by atoms with Crippen molar-refractivity contribution >= 4 is 11.6 Å². The molecule has 22 heavy (non-hydrogen) atoms. The van der Waals surface area contributed by atoms with Gasteiger partial charge in [0.15, 0.2) is 0 Å². The van der Waals surface area contributed by atoms with Crippen molar-refractivity contribution in [2.75, 3.05) is 11.9 Å². The number of rotatable bonds is 6. The summed E-state index contributed by atoms with van der Waals surface area (Å²) in [6, 6.07) is 8.98. The molecule has 1 amide bonds. The SMILES string of the molecule is CC(=O)Nc1ccc(OC[C@H](O)Cn2nc(C)cc2C)cc1. The van der Waals surface area contributed by atoms with Crippen LogP contribution in [0.25, 0.3) is 0 Å². The summed E-state index contributed by atoms with van der Waals surface area (Å²) in [5.41, 5.74) is 2.65. The highest BCUT2D eigenvalue weighted by Crippen LogP contribution is 2.16. The number of anilines is 1. The lowest BCUT2D eigenvalue weighted by Crippen LogP contribution is -2.24. The molecule has 1 aromatic heterocycles. The van der Waals surface area contributed by atoms with E-state index in [-0.39, 0.29) is 12.5 Å². The number of aryl methyl sites for hydroxylation is 2. The highest BCUT2D eigenvalue weighted by atomic mass is 16.5. The molecule has 0 unspecified atom stereocenters. The summed E-state index contributed by atoms with van der Waals surface area (Å²) in [7, 11) is 0. The molecule has 2 N–H and O–H groups in total. The second kappa shape index (κ2) is 7.09. The molecule has 2 aromatic rings. The average Bonchev–Trinajstić information content (AvgIpc) is 2.75. The van der Waals surface area contributed by atoms with Crippen molar-refractivity contribution in [2.24, 2.45) is 0 Å². The molecular formula is C16H21N3O3. The number of hydrogen-bond donors (Lipinski definition) is 2. The lowest BCUT2D eigenvalue weighted by molar-refractivity contribution is -0.114. The van der Waals surface area contributed by atoms with Crippen molar-refractivity contribution < 1.29 is 14.6 Å². The molecule has 0 saturated heterocycles. The number of aliphatic hydroxyl groups is 1. The number of aromatic nitrogens is 2. The predicted molar refractivity (Wildman–Crippen MR) is 83.9 cm³/mol. The Labute approximate surface area is 129 Å². The highest BCUT2D eigenvalue weighted by molar-refractivity contribution is 5.88. The number of amides is 1. The zero-order valence-electron chi connectivity index (χ0n) is 13.0. The number of carbonyl (C=O) groups is 1. The van der Waals surface area contributed by atoms with Gasteiger partial charge in [-0.3, -0.25) is 9.48 Å². The monoisotopic (exact) mass is 303 g/mol. The van der Waals surface area contributed by atoms with Gasteiger partial charge in [-0.2, -0.15) is 5.10 Å². The van der Waals surface area contributed by atoms with Crippen LogP contribution in [-0.4, -0.2) is 33.5 Å². The van der Waals surface area contributed by atoms with Gasteiger partial charge in [-0.15, -0.1) is 0 Å². The van der Waals surface area contributed by atoms with Gasteiger partial charge in [0.25, 0.3) is 0 Å². The molecule has 0 aliphatic heterocycles. The zero-order valence-corrected chi connectivity index (χ0v) is 13.0. The minimum Gasteiger partial charge on any atom is -0.491 e. The van der Waals surface area contributed by atoms with Crippen molar-refractivity contribution in [3.8, 4) is 5.75 Å². The fraction of sp³-hybridized carbons (Fsp3) is 0.375. The minimum absolute atomic E-state index is 0.117. The normalized spacial score (nSPS) is 12.0. The van der Waals surface area contributed by atoms with Gasteiger partial charge in [0, 0.05) is 18.3 Å². The Morgan fingerprint density at radius 3 is 2.59 bits per heavy atom. The summed E-state index contributed by atoms with van der Waals surface area (Å²) in [6.45, 7) is 5.90. The van der Waals surface area contributed by atoms with Gasteiger partial charge in [-0.1, -0.05) is 0 Å². The summed E-state index contributed by atoms with van der Waals surface area (Å²) in [4.78, 5) is 10.9. The molecule has 0 radical (unpaired) electrons. The third kappa shape index (κ3) is 4.60. The third-order valence-electron chi connectivity index (χ3n) is 3.10. The van der Waals surface area contributed by atoms with Crippen LogP contribution in [-0.2, 0) is 11.3 Å². The molecule has 6 heteroatoms. The highest BCUT2D eigenvalue weighted by Gasteiger charge is 2.09. The van der Waals surface area contributed by atoms with Gasteiger partial charge in [0.1, 0.15) is 18.5 Å². The van der Waals surface area contributed by atoms with Crippen LogP contribution in [0.3, 0.4) is 0 Å². The standard InChI is InChI=1S/C16H21N3O3/c1-11-8-12(2)19(18-11)9-15(21)10-22-16-6-4-14(5-7-16)17-13(3)20/h4-8,15,21H,9-10H2,1-3H3,(H,17,20)/t15-/m1/s1. The van der Waals surface area contributed by atoms with E-state index in [1.165, 1.54) is 6.92 Å². The van der Waals surface area contributed by atoms with Crippen molar-refractivity contribution in [3.63, 3.8) is 0 Å². The molecule has 0 aliphatic rings. The van der Waals surface area contributed by atoms with Gasteiger partial charge >= 0.3 is 0 Å². The first kappa shape index (κ1) is 16.0. The van der Waals surface area contributed by atoms with Gasteiger partial charge < -0.3 is 15.2 Å². The molecule has 0 fully saturated rings. The summed E-state index contributed by atoms with van der Waals surface area (Å²) >= 11 is 0. The van der Waals surface area contributed by atoms with E-state index in [4.69, 9.17) is 4.74 Å². The van der Waals surface area contributed by atoms with Crippen molar-refractivity contribution in [3.05, 3.63) is 41.7 Å². The quantitative estimate of drug-likeness (QED) is 0.854. The van der Waals surface area contributed by atoms with Crippen LogP contribution < -0.4 is 10.1 Å². The number of nitrogens with zero attached hydrogens (tertiary/aromatic N) is 2. The second-order valence-electron chi connectivity index (χ2n) is 5.28. The van der Waals surface area contributed by atoms with Crippen LogP contribution in [0.1, 0.15) is 18.3 Å². The minimum atomic E-state index is -0.645. The van der Waals surface area contributed by atoms with Crippen LogP contribution >= 0.6 is 0 Å². The summed E-state index contributed by atoms with van der Waals surface area (Å²) in [5, 5.41) is 17.0. The van der Waals surface area contributed by atoms with E-state index in [0.29, 0.717) is 18.0 Å². The smallest absolute Gasteiger partial charge is 0.221 e. The lowest BCUT2D eigenvalue weighted by Gasteiger charge is -2.14. The number of nitrogens with one attached hydrogen (secondary N) is 1. The van der Waals surface area contributed by atoms with E-state index in [1.54, 1.807) is 28.9 Å². The summed E-state index contributed by atoms with van der Waals surface area (Å²) in [6.07, 6.45) is -0.645. The fourth-order valence-electron chi connectivity index (χ4n) is 2.14. The van der Waals surface area contributed by atoms with E-state index in [2.05, 4.69) is 10.4 Å². The van der Waals surface area contributed by atoms with E-state index in [0.717, 1.165) is 11.4 Å². The molecule has 118 valence electrons. The van der Waals surface area contributed by atoms with Crippen molar-refractivity contribution in [1.29, 1.82) is 0 Å². The molecule has 0 saturated carbocycles. The molecule has 1 atom stereocenters. The molecule has 0 bridgehead atoms. The fourth-order valence-corrected chi connectivity index (χ4v) is 2.14. The molecule has 0 spiro atoms. The van der Waals surface area contributed by atoms with Crippen LogP contribution in [0.5, 0.6) is 5.75 Å². The largest absolute Gasteiger partial charge is 0.491 e. The maximum absolute atomic E-state index is 10.9. The zero-order chi connectivity index (χ0) is 16.1. The van der Waals surface area contributed by atoms with Crippen LogP contribution in [0.4, 0.5) is 5.69 Å². The Morgan fingerprint density at radius 1 is 1.36 bits per heavy atom. The Hall–Kier alpha value is -2.34. The maximum Gasteiger partial charge on any atom is 0.221 e. The third-order valence-corrected chi connectivity index (χ3v) is 3.10. The van der Waals surface area contributed by atoms with E-state index >= 15 is 0 Å². The first-order valence-electron chi connectivity index (χ1n) is 7.13. The topological polar surface area (TPSA) is 76.4 Å². The van der Waals surface area contributed by atoms with Crippen LogP contribution in [0.2, 0.25) is 0 Å². The lowest BCUT2D eigenvalue weighted by atomic mass is 10.3. The Bertz CT molecular complexity index is 635. The van der Waals surface area contributed by atoms with Gasteiger partial charge in [0.2, 0.25) is 5.91 Å². The molecule has 1 aromatic carbocycles. The first-order valence-corrected chi connectivity index (χ1v) is 7.13. The van der Waals surface area contributed by atoms with Gasteiger partial charge in [-0.25, -0.2) is 0 Å². The van der Waals surface area contributed by atoms with Crippen molar-refractivity contribution in [2.45, 2.75) is 33.4 Å². The number of benzene rings is 1. The second-order valence-corrected chi connectivity index (χ2v) is 5.28. The summed E-state index contributed by atoms with van der Waals surface area (Å²) < 4.78 is 7.31.